The number of benzene rings is 1. The van der Waals surface area contributed by atoms with Gasteiger partial charge in [0.05, 0.1) is 13.7 Å². The van der Waals surface area contributed by atoms with Crippen molar-refractivity contribution >= 4 is 15.7 Å². The minimum Gasteiger partial charge on any atom is -0.495 e. The molecule has 19 heavy (non-hydrogen) atoms. The van der Waals surface area contributed by atoms with Gasteiger partial charge in [0.25, 0.3) is 0 Å². The number of nitrogens with zero attached hydrogens (tertiary/aromatic N) is 1. The molecule has 1 aromatic carbocycles. The van der Waals surface area contributed by atoms with Crippen LogP contribution >= 0.6 is 0 Å². The van der Waals surface area contributed by atoms with Gasteiger partial charge in [0, 0.05) is 31.5 Å². The first-order valence-electron chi connectivity index (χ1n) is 6.07. The van der Waals surface area contributed by atoms with Crippen molar-refractivity contribution in [1.82, 2.24) is 4.31 Å². The zero-order chi connectivity index (χ0) is 13.9. The van der Waals surface area contributed by atoms with Gasteiger partial charge in [-0.1, -0.05) is 0 Å². The number of nitrogen functional groups attached to an aromatic ring is 1. The Bertz CT molecular complexity index is 537. The van der Waals surface area contributed by atoms with Gasteiger partial charge in [-0.3, -0.25) is 0 Å². The number of anilines is 1. The first-order chi connectivity index (χ1) is 9.05. The van der Waals surface area contributed by atoms with Crippen LogP contribution in [0.4, 0.5) is 5.69 Å². The maximum absolute atomic E-state index is 12.6. The van der Waals surface area contributed by atoms with E-state index in [0.717, 1.165) is 0 Å². The Balaban J connectivity index is 2.38. The van der Waals surface area contributed by atoms with Crippen LogP contribution in [-0.4, -0.2) is 46.1 Å². The summed E-state index contributed by atoms with van der Waals surface area (Å²) >= 11 is 0. The first kappa shape index (κ1) is 14.1. The molecule has 0 aliphatic carbocycles. The minimum atomic E-state index is -3.57. The molecule has 0 aromatic heterocycles. The number of methoxy groups -OCH3 is 1. The van der Waals surface area contributed by atoms with E-state index in [1.165, 1.54) is 23.5 Å². The summed E-state index contributed by atoms with van der Waals surface area (Å²) in [4.78, 5) is 0.145. The molecule has 1 aromatic rings. The standard InChI is InChI=1S/C12H18N2O4S/c1-17-11-9-10(13)3-4-12(11)19(15,16)14-5-2-7-18-8-6-14/h3-4,9H,2,5-8,13H2,1H3. The van der Waals surface area contributed by atoms with E-state index in [0.29, 0.717) is 38.4 Å². The van der Waals surface area contributed by atoms with Crippen molar-refractivity contribution in [3.63, 3.8) is 0 Å². The smallest absolute Gasteiger partial charge is 0.246 e. The van der Waals surface area contributed by atoms with Crippen molar-refractivity contribution in [2.24, 2.45) is 0 Å². The summed E-state index contributed by atoms with van der Waals surface area (Å²) in [6.07, 6.45) is 0.691. The number of nitrogens with two attached hydrogens (primary N) is 1. The van der Waals surface area contributed by atoms with Crippen LogP contribution in [0.25, 0.3) is 0 Å². The average Bonchev–Trinajstić information content (AvgIpc) is 2.67. The second-order valence-corrected chi connectivity index (χ2v) is 6.19. The molecular formula is C12H18N2O4S. The Morgan fingerprint density at radius 2 is 2.11 bits per heavy atom. The molecule has 1 saturated heterocycles. The molecule has 106 valence electrons. The molecule has 1 aliphatic rings. The molecule has 2 N–H and O–H groups in total. The van der Waals surface area contributed by atoms with Gasteiger partial charge in [0.2, 0.25) is 10.0 Å². The Hall–Kier alpha value is -1.31. The number of sulfonamides is 1. The van der Waals surface area contributed by atoms with Crippen LogP contribution in [0.1, 0.15) is 6.42 Å². The summed E-state index contributed by atoms with van der Waals surface area (Å²) in [6, 6.07) is 4.56. The molecule has 0 saturated carbocycles. The highest BCUT2D eigenvalue weighted by molar-refractivity contribution is 7.89. The molecule has 2 rings (SSSR count). The van der Waals surface area contributed by atoms with Crippen LogP contribution in [0.2, 0.25) is 0 Å². The van der Waals surface area contributed by atoms with Crippen molar-refractivity contribution < 1.29 is 17.9 Å². The Labute approximate surface area is 113 Å². The third-order valence-electron chi connectivity index (χ3n) is 2.99. The third kappa shape index (κ3) is 2.99. The van der Waals surface area contributed by atoms with Crippen LogP contribution in [0.15, 0.2) is 23.1 Å². The van der Waals surface area contributed by atoms with Crippen LogP contribution < -0.4 is 10.5 Å². The molecular weight excluding hydrogens is 268 g/mol. The Morgan fingerprint density at radius 1 is 1.32 bits per heavy atom. The summed E-state index contributed by atoms with van der Waals surface area (Å²) in [6.45, 7) is 1.81. The highest BCUT2D eigenvalue weighted by atomic mass is 32.2. The van der Waals surface area contributed by atoms with Crippen LogP contribution in [0, 0.1) is 0 Å². The molecule has 1 fully saturated rings. The average molecular weight is 286 g/mol. The van der Waals surface area contributed by atoms with Crippen molar-refractivity contribution in [2.75, 3.05) is 39.1 Å². The fraction of sp³-hybridized carbons (Fsp3) is 0.500. The molecule has 6 nitrogen and oxygen atoms in total. The van der Waals surface area contributed by atoms with Gasteiger partial charge in [-0.25, -0.2) is 8.42 Å². The van der Waals surface area contributed by atoms with E-state index in [4.69, 9.17) is 15.2 Å². The topological polar surface area (TPSA) is 81.9 Å². The third-order valence-corrected chi connectivity index (χ3v) is 4.92. The molecule has 0 bridgehead atoms. The zero-order valence-corrected chi connectivity index (χ0v) is 11.6. The van der Waals surface area contributed by atoms with Gasteiger partial charge >= 0.3 is 0 Å². The first-order valence-corrected chi connectivity index (χ1v) is 7.51. The number of rotatable bonds is 3. The van der Waals surface area contributed by atoms with Crippen molar-refractivity contribution in [2.45, 2.75) is 11.3 Å². The second kappa shape index (κ2) is 5.77. The summed E-state index contributed by atoms with van der Waals surface area (Å²) in [5.41, 5.74) is 6.11. The highest BCUT2D eigenvalue weighted by Crippen LogP contribution is 2.29. The van der Waals surface area contributed by atoms with Crippen LogP contribution in [0.5, 0.6) is 5.75 Å². The van der Waals surface area contributed by atoms with Crippen LogP contribution in [-0.2, 0) is 14.8 Å². The summed E-state index contributed by atoms with van der Waals surface area (Å²) < 4.78 is 37.0. The highest BCUT2D eigenvalue weighted by Gasteiger charge is 2.28. The largest absolute Gasteiger partial charge is 0.495 e. The molecule has 0 radical (unpaired) electrons. The normalized spacial score (nSPS) is 17.9. The molecule has 0 unspecified atom stereocenters. The summed E-state index contributed by atoms with van der Waals surface area (Å²) in [5.74, 6) is 0.269. The number of hydrogen-bond donors (Lipinski definition) is 1. The van der Waals surface area contributed by atoms with E-state index < -0.39 is 10.0 Å². The lowest BCUT2D eigenvalue weighted by molar-refractivity contribution is 0.148. The lowest BCUT2D eigenvalue weighted by Crippen LogP contribution is -2.33. The minimum absolute atomic E-state index is 0.145. The lowest BCUT2D eigenvalue weighted by atomic mass is 10.3. The lowest BCUT2D eigenvalue weighted by Gasteiger charge is -2.20. The molecule has 0 spiro atoms. The molecule has 1 heterocycles. The SMILES string of the molecule is COc1cc(N)ccc1S(=O)(=O)N1CCCOCC1. The molecule has 0 atom stereocenters. The van der Waals surface area contributed by atoms with Gasteiger partial charge in [-0.05, 0) is 18.6 Å². The molecule has 0 amide bonds. The van der Waals surface area contributed by atoms with E-state index >= 15 is 0 Å². The van der Waals surface area contributed by atoms with Gasteiger partial charge in [0.1, 0.15) is 10.6 Å². The van der Waals surface area contributed by atoms with E-state index in [1.54, 1.807) is 6.07 Å². The predicted octanol–water partition coefficient (Wildman–Crippen LogP) is 0.688. The number of hydrogen-bond acceptors (Lipinski definition) is 5. The van der Waals surface area contributed by atoms with Gasteiger partial charge < -0.3 is 15.2 Å². The fourth-order valence-electron chi connectivity index (χ4n) is 2.00. The maximum atomic E-state index is 12.6. The second-order valence-electron chi connectivity index (χ2n) is 4.28. The molecule has 7 heteroatoms. The van der Waals surface area contributed by atoms with Crippen molar-refractivity contribution in [1.29, 1.82) is 0 Å². The summed E-state index contributed by atoms with van der Waals surface area (Å²) in [5, 5.41) is 0. The number of ether oxygens (including phenoxy) is 2. The van der Waals surface area contributed by atoms with E-state index in [9.17, 15) is 8.42 Å². The zero-order valence-electron chi connectivity index (χ0n) is 10.8. The van der Waals surface area contributed by atoms with Gasteiger partial charge in [0.15, 0.2) is 0 Å². The Kier molecular flexibility index (Phi) is 4.28. The van der Waals surface area contributed by atoms with E-state index in [2.05, 4.69) is 0 Å². The quantitative estimate of drug-likeness (QED) is 0.827. The fourth-order valence-corrected chi connectivity index (χ4v) is 3.60. The van der Waals surface area contributed by atoms with Crippen LogP contribution in [0.3, 0.4) is 0 Å². The molecule has 1 aliphatic heterocycles. The van der Waals surface area contributed by atoms with Crippen molar-refractivity contribution in [3.05, 3.63) is 18.2 Å². The van der Waals surface area contributed by atoms with Gasteiger partial charge in [-0.2, -0.15) is 4.31 Å². The van der Waals surface area contributed by atoms with E-state index in [-0.39, 0.29) is 10.6 Å². The summed E-state index contributed by atoms with van der Waals surface area (Å²) in [7, 11) is -2.14. The Morgan fingerprint density at radius 3 is 2.84 bits per heavy atom. The van der Waals surface area contributed by atoms with Gasteiger partial charge in [-0.15, -0.1) is 0 Å². The van der Waals surface area contributed by atoms with E-state index in [1.807, 2.05) is 0 Å². The van der Waals surface area contributed by atoms with Crippen molar-refractivity contribution in [3.8, 4) is 5.75 Å². The maximum Gasteiger partial charge on any atom is 0.246 e. The monoisotopic (exact) mass is 286 g/mol. The predicted molar refractivity (Wildman–Crippen MR) is 71.6 cm³/mol.